The third kappa shape index (κ3) is 4.27. The lowest BCUT2D eigenvalue weighted by atomic mass is 9.98. The molecule has 6 nitrogen and oxygen atoms in total. The van der Waals surface area contributed by atoms with Crippen molar-refractivity contribution in [3.63, 3.8) is 0 Å². The second-order valence-electron chi connectivity index (χ2n) is 7.13. The van der Waals surface area contributed by atoms with Crippen LogP contribution in [0.3, 0.4) is 0 Å². The topological polar surface area (TPSA) is 73.9 Å². The van der Waals surface area contributed by atoms with Crippen molar-refractivity contribution in [2.75, 3.05) is 11.9 Å². The molecule has 0 saturated carbocycles. The fourth-order valence-electron chi connectivity index (χ4n) is 3.01. The second-order valence-corrected chi connectivity index (χ2v) is 7.13. The number of amides is 1. The van der Waals surface area contributed by atoms with Crippen molar-refractivity contribution in [2.24, 2.45) is 0 Å². The lowest BCUT2D eigenvalue weighted by Gasteiger charge is -2.26. The van der Waals surface area contributed by atoms with Crippen LogP contribution in [0.4, 0.5) is 5.69 Å². The highest BCUT2D eigenvalue weighted by Gasteiger charge is 2.31. The highest BCUT2D eigenvalue weighted by Crippen LogP contribution is 2.31. The van der Waals surface area contributed by atoms with Crippen molar-refractivity contribution in [3.8, 4) is 11.5 Å². The molecule has 28 heavy (non-hydrogen) atoms. The molecule has 2 atom stereocenters. The van der Waals surface area contributed by atoms with E-state index in [-0.39, 0.29) is 18.4 Å². The predicted octanol–water partition coefficient (Wildman–Crippen LogP) is 3.83. The molecule has 0 aliphatic carbocycles. The molecule has 2 aromatic rings. The number of anilines is 1. The first-order valence-electron chi connectivity index (χ1n) is 9.36. The zero-order chi connectivity index (χ0) is 20.3. The summed E-state index contributed by atoms with van der Waals surface area (Å²) in [7, 11) is 0. The van der Waals surface area contributed by atoms with E-state index in [1.165, 1.54) is 6.92 Å². The largest absolute Gasteiger partial charge is 0.485 e. The Hall–Kier alpha value is -3.02. The van der Waals surface area contributed by atoms with Gasteiger partial charge in [0.25, 0.3) is 5.91 Å². The van der Waals surface area contributed by atoms with E-state index in [0.717, 1.165) is 16.8 Å². The Morgan fingerprint density at radius 1 is 1.07 bits per heavy atom. The zero-order valence-electron chi connectivity index (χ0n) is 16.5. The predicted molar refractivity (Wildman–Crippen MR) is 106 cm³/mol. The summed E-state index contributed by atoms with van der Waals surface area (Å²) in [5, 5.41) is 2.90. The van der Waals surface area contributed by atoms with E-state index in [0.29, 0.717) is 11.5 Å². The van der Waals surface area contributed by atoms with Gasteiger partial charge in [0, 0.05) is 5.69 Å². The molecule has 1 amide bonds. The number of hydrogen-bond acceptors (Lipinski definition) is 5. The van der Waals surface area contributed by atoms with Gasteiger partial charge in [0.05, 0.1) is 0 Å². The van der Waals surface area contributed by atoms with E-state index in [1.54, 1.807) is 18.2 Å². The van der Waals surface area contributed by atoms with Gasteiger partial charge in [-0.2, -0.15) is 0 Å². The third-order valence-electron chi connectivity index (χ3n) is 4.61. The molecular formula is C22H25NO5. The number of esters is 1. The Kier molecular flexibility index (Phi) is 5.87. The number of rotatable bonds is 5. The summed E-state index contributed by atoms with van der Waals surface area (Å²) in [6.07, 6.45) is -1.87. The molecule has 0 aromatic heterocycles. The summed E-state index contributed by atoms with van der Waals surface area (Å²) in [4.78, 5) is 25.0. The lowest BCUT2D eigenvalue weighted by molar-refractivity contribution is -0.162. The van der Waals surface area contributed by atoms with Crippen molar-refractivity contribution in [2.45, 2.75) is 45.8 Å². The molecule has 148 valence electrons. The van der Waals surface area contributed by atoms with Crippen LogP contribution >= 0.6 is 0 Å². The maximum absolute atomic E-state index is 12.6. The molecule has 1 aliphatic rings. The number of ether oxygens (including phenoxy) is 3. The van der Waals surface area contributed by atoms with Crippen LogP contribution in [-0.2, 0) is 14.3 Å². The number of hydrogen-bond donors (Lipinski definition) is 1. The maximum Gasteiger partial charge on any atom is 0.351 e. The summed E-state index contributed by atoms with van der Waals surface area (Å²) in [6.45, 7) is 7.64. The minimum Gasteiger partial charge on any atom is -0.485 e. The minimum absolute atomic E-state index is 0.0411. The van der Waals surface area contributed by atoms with E-state index >= 15 is 0 Å². The summed E-state index contributed by atoms with van der Waals surface area (Å²) >= 11 is 0. The Bertz CT molecular complexity index is 877. The number of aryl methyl sites for hydroxylation is 1. The molecule has 0 radical (unpaired) electrons. The summed E-state index contributed by atoms with van der Waals surface area (Å²) < 4.78 is 16.5. The molecule has 1 heterocycles. The smallest absolute Gasteiger partial charge is 0.351 e. The zero-order valence-corrected chi connectivity index (χ0v) is 16.5. The molecule has 1 aliphatic heterocycles. The van der Waals surface area contributed by atoms with E-state index in [1.807, 2.05) is 31.2 Å². The quantitative estimate of drug-likeness (QED) is 0.795. The van der Waals surface area contributed by atoms with Crippen LogP contribution < -0.4 is 14.8 Å². The standard InChI is InChI=1S/C22H25NO5/c1-13(2)16-9-7-8-14(3)20(16)23-21(24)15(4)27-22(25)19-12-26-17-10-5-6-11-18(17)28-19/h5-11,13,15,19H,12H2,1-4H3,(H,23,24)/t15-,19+/m0/s1. The van der Waals surface area contributed by atoms with Crippen molar-refractivity contribution >= 4 is 17.6 Å². The molecule has 0 spiro atoms. The van der Waals surface area contributed by atoms with Gasteiger partial charge in [-0.25, -0.2) is 4.79 Å². The van der Waals surface area contributed by atoms with E-state index < -0.39 is 18.2 Å². The normalized spacial score (nSPS) is 16.4. The molecule has 3 rings (SSSR count). The van der Waals surface area contributed by atoms with Crippen LogP contribution in [0, 0.1) is 6.92 Å². The van der Waals surface area contributed by atoms with Gasteiger partial charge >= 0.3 is 5.97 Å². The van der Waals surface area contributed by atoms with Crippen molar-refractivity contribution in [1.82, 2.24) is 0 Å². The van der Waals surface area contributed by atoms with Gasteiger partial charge < -0.3 is 19.5 Å². The van der Waals surface area contributed by atoms with Gasteiger partial charge in [0.15, 0.2) is 17.6 Å². The van der Waals surface area contributed by atoms with Crippen LogP contribution in [0.1, 0.15) is 37.8 Å². The van der Waals surface area contributed by atoms with Crippen LogP contribution in [0.5, 0.6) is 11.5 Å². The van der Waals surface area contributed by atoms with E-state index in [4.69, 9.17) is 14.2 Å². The number of benzene rings is 2. The van der Waals surface area contributed by atoms with Crippen LogP contribution in [-0.4, -0.2) is 30.7 Å². The fourth-order valence-corrected chi connectivity index (χ4v) is 3.01. The van der Waals surface area contributed by atoms with Crippen LogP contribution in [0.2, 0.25) is 0 Å². The fraction of sp³-hybridized carbons (Fsp3) is 0.364. The summed E-state index contributed by atoms with van der Waals surface area (Å²) in [5.41, 5.74) is 2.75. The van der Waals surface area contributed by atoms with Crippen LogP contribution in [0.15, 0.2) is 42.5 Å². The number of carbonyl (C=O) groups excluding carboxylic acids is 2. The molecule has 0 bridgehead atoms. The summed E-state index contributed by atoms with van der Waals surface area (Å²) in [6, 6.07) is 13.0. The Labute approximate surface area is 164 Å². The van der Waals surface area contributed by atoms with Crippen molar-refractivity contribution in [1.29, 1.82) is 0 Å². The van der Waals surface area contributed by atoms with Gasteiger partial charge in [-0.3, -0.25) is 4.79 Å². The Morgan fingerprint density at radius 2 is 1.79 bits per heavy atom. The first kappa shape index (κ1) is 19.7. The Morgan fingerprint density at radius 3 is 2.50 bits per heavy atom. The molecule has 2 aromatic carbocycles. The first-order chi connectivity index (χ1) is 13.4. The van der Waals surface area contributed by atoms with Crippen LogP contribution in [0.25, 0.3) is 0 Å². The van der Waals surface area contributed by atoms with E-state index in [9.17, 15) is 9.59 Å². The molecular weight excluding hydrogens is 358 g/mol. The Balaban J connectivity index is 1.63. The average molecular weight is 383 g/mol. The van der Waals surface area contributed by atoms with Gasteiger partial charge in [-0.15, -0.1) is 0 Å². The van der Waals surface area contributed by atoms with E-state index in [2.05, 4.69) is 19.2 Å². The minimum atomic E-state index is -0.965. The van der Waals surface area contributed by atoms with Gasteiger partial charge in [0.2, 0.25) is 6.10 Å². The number of para-hydroxylation sites is 3. The number of carbonyl (C=O) groups is 2. The van der Waals surface area contributed by atoms with Crippen molar-refractivity contribution < 1.29 is 23.8 Å². The molecule has 0 fully saturated rings. The van der Waals surface area contributed by atoms with Crippen molar-refractivity contribution in [3.05, 3.63) is 53.6 Å². The molecule has 0 unspecified atom stereocenters. The second kappa shape index (κ2) is 8.33. The highest BCUT2D eigenvalue weighted by atomic mass is 16.6. The highest BCUT2D eigenvalue weighted by molar-refractivity contribution is 5.96. The van der Waals surface area contributed by atoms with Gasteiger partial charge in [0.1, 0.15) is 6.61 Å². The lowest BCUT2D eigenvalue weighted by Crippen LogP contribution is -2.41. The maximum atomic E-state index is 12.6. The molecule has 6 heteroatoms. The number of fused-ring (bicyclic) bond motifs is 1. The van der Waals surface area contributed by atoms with Gasteiger partial charge in [-0.05, 0) is 43.0 Å². The van der Waals surface area contributed by atoms with Gasteiger partial charge in [-0.1, -0.05) is 44.2 Å². The first-order valence-corrected chi connectivity index (χ1v) is 9.36. The monoisotopic (exact) mass is 383 g/mol. The number of nitrogens with one attached hydrogen (secondary N) is 1. The third-order valence-corrected chi connectivity index (χ3v) is 4.61. The summed E-state index contributed by atoms with van der Waals surface area (Å²) in [5.74, 6) is 0.293. The SMILES string of the molecule is Cc1cccc(C(C)C)c1NC(=O)[C@H](C)OC(=O)[C@H]1COc2ccccc2O1. The molecule has 1 N–H and O–H groups in total. The average Bonchev–Trinajstić information content (AvgIpc) is 2.68. The molecule has 0 saturated heterocycles.